The van der Waals surface area contributed by atoms with Gasteiger partial charge in [-0.2, -0.15) is 0 Å². The van der Waals surface area contributed by atoms with Crippen LogP contribution in [0.25, 0.3) is 10.8 Å². The van der Waals surface area contributed by atoms with Crippen molar-refractivity contribution < 1.29 is 24.1 Å². The summed E-state index contributed by atoms with van der Waals surface area (Å²) in [7, 11) is 3.40. The first-order valence-electron chi connectivity index (χ1n) is 12.7. The first-order chi connectivity index (χ1) is 18.6. The molecule has 202 valence electrons. The van der Waals surface area contributed by atoms with E-state index in [1.54, 1.807) is 6.07 Å². The Kier molecular flexibility index (Phi) is 8.41. The lowest BCUT2D eigenvalue weighted by molar-refractivity contribution is 0.0690. The number of carbonyl (C=O) groups is 1. The first kappa shape index (κ1) is 27.9. The van der Waals surface area contributed by atoms with Crippen LogP contribution in [-0.2, 0) is 6.42 Å². The predicted octanol–water partition coefficient (Wildman–Crippen LogP) is 7.45. The molecule has 1 heterocycles. The van der Waals surface area contributed by atoms with Gasteiger partial charge in [-0.25, -0.2) is 4.79 Å². The maximum absolute atomic E-state index is 11.1. The van der Waals surface area contributed by atoms with Gasteiger partial charge in [0.05, 0.1) is 7.11 Å². The fourth-order valence-electron chi connectivity index (χ4n) is 4.46. The maximum atomic E-state index is 11.1. The fraction of sp³-hybridized carbons (Fsp3) is 0.250. The SMILES string of the molecule is COc1c(C(=O)O)ccc2c1CCC(C)(C)O2.Cc1cccc(N(C)C(=S)Oc2ccc3ccccc3c2)c1. The van der Waals surface area contributed by atoms with Crippen LogP contribution in [0, 0.1) is 6.92 Å². The summed E-state index contributed by atoms with van der Waals surface area (Å²) in [6.45, 7) is 6.10. The van der Waals surface area contributed by atoms with E-state index in [2.05, 4.69) is 31.2 Å². The number of carboxylic acid groups (broad SMARTS) is 1. The van der Waals surface area contributed by atoms with E-state index in [-0.39, 0.29) is 11.2 Å². The maximum Gasteiger partial charge on any atom is 0.339 e. The van der Waals surface area contributed by atoms with Gasteiger partial charge in [-0.3, -0.25) is 0 Å². The lowest BCUT2D eigenvalue weighted by atomic mass is 9.92. The molecule has 0 radical (unpaired) electrons. The molecule has 0 aliphatic carbocycles. The number of thiocarbonyl (C=S) groups is 1. The summed E-state index contributed by atoms with van der Waals surface area (Å²) in [4.78, 5) is 12.9. The Bertz CT molecular complexity index is 1510. The highest BCUT2D eigenvalue weighted by molar-refractivity contribution is 7.80. The minimum absolute atomic E-state index is 0.189. The van der Waals surface area contributed by atoms with Crippen LogP contribution >= 0.6 is 12.2 Å². The minimum Gasteiger partial charge on any atom is -0.495 e. The Morgan fingerprint density at radius 1 is 1.00 bits per heavy atom. The van der Waals surface area contributed by atoms with Gasteiger partial charge >= 0.3 is 5.97 Å². The number of rotatable bonds is 4. The van der Waals surface area contributed by atoms with E-state index >= 15 is 0 Å². The fourth-order valence-corrected chi connectivity index (χ4v) is 4.66. The van der Waals surface area contributed by atoms with E-state index in [4.69, 9.17) is 31.5 Å². The monoisotopic (exact) mass is 543 g/mol. The number of ether oxygens (including phenoxy) is 3. The quantitative estimate of drug-likeness (QED) is 0.268. The van der Waals surface area contributed by atoms with Gasteiger partial charge in [0.2, 0.25) is 0 Å². The number of methoxy groups -OCH3 is 1. The van der Waals surface area contributed by atoms with Crippen molar-refractivity contribution >= 4 is 39.8 Å². The Morgan fingerprint density at radius 2 is 1.74 bits per heavy atom. The van der Waals surface area contributed by atoms with Crippen molar-refractivity contribution in [3.63, 3.8) is 0 Å². The van der Waals surface area contributed by atoms with Crippen molar-refractivity contribution in [1.82, 2.24) is 0 Å². The average molecular weight is 544 g/mol. The second-order valence-electron chi connectivity index (χ2n) is 10.1. The van der Waals surface area contributed by atoms with E-state index in [1.807, 2.05) is 68.3 Å². The van der Waals surface area contributed by atoms with Gasteiger partial charge < -0.3 is 24.2 Å². The number of fused-ring (bicyclic) bond motifs is 2. The van der Waals surface area contributed by atoms with Gasteiger partial charge in [-0.05, 0) is 98.6 Å². The molecule has 1 aliphatic rings. The molecule has 5 rings (SSSR count). The zero-order valence-electron chi connectivity index (χ0n) is 22.9. The van der Waals surface area contributed by atoms with E-state index < -0.39 is 5.97 Å². The number of benzene rings is 4. The summed E-state index contributed by atoms with van der Waals surface area (Å²) in [5, 5.41) is 11.8. The zero-order chi connectivity index (χ0) is 28.2. The summed E-state index contributed by atoms with van der Waals surface area (Å²) in [5.41, 5.74) is 3.05. The summed E-state index contributed by atoms with van der Waals surface area (Å²) < 4.78 is 16.9. The number of hydrogen-bond acceptors (Lipinski definition) is 5. The Morgan fingerprint density at radius 3 is 2.44 bits per heavy atom. The third-order valence-corrected chi connectivity index (χ3v) is 6.96. The highest BCUT2D eigenvalue weighted by Crippen LogP contribution is 2.40. The number of anilines is 1. The Labute approximate surface area is 234 Å². The van der Waals surface area contributed by atoms with Crippen molar-refractivity contribution in [3.05, 3.63) is 95.6 Å². The van der Waals surface area contributed by atoms with Crippen LogP contribution in [-0.4, -0.2) is 36.0 Å². The number of hydrogen-bond donors (Lipinski definition) is 1. The van der Waals surface area contributed by atoms with E-state index in [9.17, 15) is 4.79 Å². The van der Waals surface area contributed by atoms with E-state index in [0.717, 1.165) is 41.0 Å². The summed E-state index contributed by atoms with van der Waals surface area (Å²) in [5.74, 6) is 0.922. The topological polar surface area (TPSA) is 68.2 Å². The molecule has 4 aromatic rings. The molecule has 39 heavy (non-hydrogen) atoms. The van der Waals surface area contributed by atoms with Gasteiger partial charge in [0.1, 0.15) is 28.4 Å². The molecular weight excluding hydrogens is 510 g/mol. The molecular formula is C32H33NO5S. The molecule has 6 nitrogen and oxygen atoms in total. The molecule has 0 bridgehead atoms. The highest BCUT2D eigenvalue weighted by atomic mass is 32.1. The standard InChI is InChI=1S/C19H17NOS.C13H16O4/c1-14-6-5-9-17(12-14)20(2)19(22)21-18-11-10-15-7-3-4-8-16(15)13-18;1-13(2)7-6-8-10(17-13)5-4-9(12(14)15)11(8)16-3/h3-13H,1-2H3;4-5H,6-7H2,1-3H3,(H,14,15). The van der Waals surface area contributed by atoms with Crippen LogP contribution in [0.15, 0.2) is 78.9 Å². The molecule has 0 saturated carbocycles. The average Bonchev–Trinajstić information content (AvgIpc) is 2.91. The summed E-state index contributed by atoms with van der Waals surface area (Å²) in [6, 6.07) is 25.6. The molecule has 1 N–H and O–H groups in total. The van der Waals surface area contributed by atoms with Crippen LogP contribution in [0.4, 0.5) is 5.69 Å². The molecule has 0 amide bonds. The minimum atomic E-state index is -0.977. The molecule has 0 atom stereocenters. The van der Waals surface area contributed by atoms with Crippen molar-refractivity contribution in [3.8, 4) is 17.2 Å². The van der Waals surface area contributed by atoms with Gasteiger partial charge in [0, 0.05) is 18.3 Å². The van der Waals surface area contributed by atoms with Crippen molar-refractivity contribution in [2.45, 2.75) is 39.2 Å². The normalized spacial score (nSPS) is 13.3. The molecule has 0 unspecified atom stereocenters. The molecule has 0 aromatic heterocycles. The number of carboxylic acids is 1. The van der Waals surface area contributed by atoms with Crippen LogP contribution < -0.4 is 19.1 Å². The van der Waals surface area contributed by atoms with Crippen LogP contribution in [0.1, 0.15) is 41.8 Å². The lowest BCUT2D eigenvalue weighted by Crippen LogP contribution is -2.32. The van der Waals surface area contributed by atoms with Crippen molar-refractivity contribution in [2.75, 3.05) is 19.1 Å². The van der Waals surface area contributed by atoms with Crippen LogP contribution in [0.5, 0.6) is 17.2 Å². The van der Waals surface area contributed by atoms with Crippen LogP contribution in [0.3, 0.4) is 0 Å². The van der Waals surface area contributed by atoms with Gasteiger partial charge in [-0.1, -0.05) is 42.5 Å². The Hall–Kier alpha value is -4.10. The van der Waals surface area contributed by atoms with Crippen LogP contribution in [0.2, 0.25) is 0 Å². The molecule has 4 aromatic carbocycles. The largest absolute Gasteiger partial charge is 0.495 e. The van der Waals surface area contributed by atoms with E-state index in [0.29, 0.717) is 10.9 Å². The third-order valence-electron chi connectivity index (χ3n) is 6.60. The number of aryl methyl sites for hydroxylation is 1. The molecule has 0 spiro atoms. The molecule has 0 fully saturated rings. The zero-order valence-corrected chi connectivity index (χ0v) is 23.7. The number of aromatic carboxylic acids is 1. The third kappa shape index (κ3) is 6.67. The summed E-state index contributed by atoms with van der Waals surface area (Å²) in [6.07, 6.45) is 1.62. The first-order valence-corrected chi connectivity index (χ1v) is 13.1. The molecule has 7 heteroatoms. The van der Waals surface area contributed by atoms with Crippen molar-refractivity contribution in [1.29, 1.82) is 0 Å². The van der Waals surface area contributed by atoms with Gasteiger partial charge in [0.25, 0.3) is 5.17 Å². The highest BCUT2D eigenvalue weighted by Gasteiger charge is 2.30. The number of nitrogens with zero attached hydrogens (tertiary/aromatic N) is 1. The van der Waals surface area contributed by atoms with Gasteiger partial charge in [-0.15, -0.1) is 0 Å². The molecule has 1 aliphatic heterocycles. The predicted molar refractivity (Wildman–Crippen MR) is 160 cm³/mol. The second kappa shape index (κ2) is 11.7. The van der Waals surface area contributed by atoms with Gasteiger partial charge in [0.15, 0.2) is 0 Å². The van der Waals surface area contributed by atoms with Crippen molar-refractivity contribution in [2.24, 2.45) is 0 Å². The lowest BCUT2D eigenvalue weighted by Gasteiger charge is -2.33. The summed E-state index contributed by atoms with van der Waals surface area (Å²) >= 11 is 5.41. The Balaban J connectivity index is 0.000000187. The molecule has 0 saturated heterocycles. The smallest absolute Gasteiger partial charge is 0.339 e. The van der Waals surface area contributed by atoms with E-state index in [1.165, 1.54) is 24.1 Å². The second-order valence-corrected chi connectivity index (χ2v) is 10.4.